The van der Waals surface area contributed by atoms with E-state index in [1.807, 2.05) is 42.5 Å². The summed E-state index contributed by atoms with van der Waals surface area (Å²) < 4.78 is 50.8. The number of hydrogen-bond acceptors (Lipinski definition) is 4. The predicted octanol–water partition coefficient (Wildman–Crippen LogP) is 5.48. The maximum Gasteiger partial charge on any atom is 0.416 e. The highest BCUT2D eigenvalue weighted by Crippen LogP contribution is 2.43. The number of aryl methyl sites for hydroxylation is 1. The van der Waals surface area contributed by atoms with Crippen LogP contribution in [0.2, 0.25) is 0 Å². The molecule has 3 aromatic rings. The van der Waals surface area contributed by atoms with Crippen LogP contribution in [0.3, 0.4) is 0 Å². The summed E-state index contributed by atoms with van der Waals surface area (Å²) in [6.45, 7) is 0.554. The van der Waals surface area contributed by atoms with Crippen molar-refractivity contribution in [1.82, 2.24) is 4.90 Å². The monoisotopic (exact) mass is 498 g/mol. The number of carbonyl (C=O) groups excluding carboxylic acids is 1. The molecule has 0 saturated carbocycles. The Bertz CT molecular complexity index is 1210. The fourth-order valence-electron chi connectivity index (χ4n) is 5.04. The molecule has 3 aromatic carbocycles. The predicted molar refractivity (Wildman–Crippen MR) is 131 cm³/mol. The number of ether oxygens (including phenoxy) is 2. The van der Waals surface area contributed by atoms with E-state index in [1.54, 1.807) is 20.3 Å². The van der Waals surface area contributed by atoms with Gasteiger partial charge in [0, 0.05) is 12.6 Å². The van der Waals surface area contributed by atoms with E-state index in [-0.39, 0.29) is 6.04 Å². The second kappa shape index (κ2) is 10.6. The van der Waals surface area contributed by atoms with Crippen molar-refractivity contribution in [2.45, 2.75) is 37.5 Å². The van der Waals surface area contributed by atoms with Crippen LogP contribution in [0.25, 0.3) is 0 Å². The van der Waals surface area contributed by atoms with E-state index in [0.29, 0.717) is 42.9 Å². The maximum absolute atomic E-state index is 13.3. The van der Waals surface area contributed by atoms with E-state index in [9.17, 15) is 18.0 Å². The smallest absolute Gasteiger partial charge is 0.416 e. The van der Waals surface area contributed by atoms with Crippen molar-refractivity contribution < 1.29 is 27.4 Å². The molecule has 190 valence electrons. The number of methoxy groups -OCH3 is 2. The molecular weight excluding hydrogens is 469 g/mol. The summed E-state index contributed by atoms with van der Waals surface area (Å²) in [6, 6.07) is 17.6. The Balaban J connectivity index is 1.75. The van der Waals surface area contributed by atoms with Gasteiger partial charge in [0.2, 0.25) is 5.91 Å². The number of rotatable bonds is 8. The van der Waals surface area contributed by atoms with E-state index in [2.05, 4.69) is 4.90 Å². The molecule has 0 aliphatic carbocycles. The molecule has 5 nitrogen and oxygen atoms in total. The third kappa shape index (κ3) is 5.33. The molecule has 1 aliphatic heterocycles. The van der Waals surface area contributed by atoms with Crippen molar-refractivity contribution in [1.29, 1.82) is 0 Å². The minimum absolute atomic E-state index is 0.277. The highest BCUT2D eigenvalue weighted by atomic mass is 19.4. The second-order valence-electron chi connectivity index (χ2n) is 8.86. The second-order valence-corrected chi connectivity index (χ2v) is 8.86. The Morgan fingerprint density at radius 2 is 1.72 bits per heavy atom. The van der Waals surface area contributed by atoms with Gasteiger partial charge in [-0.05, 0) is 59.7 Å². The first-order valence-electron chi connectivity index (χ1n) is 11.7. The fourth-order valence-corrected chi connectivity index (χ4v) is 5.04. The van der Waals surface area contributed by atoms with E-state index in [4.69, 9.17) is 15.2 Å². The molecule has 4 rings (SSSR count). The van der Waals surface area contributed by atoms with Crippen LogP contribution in [0.5, 0.6) is 11.5 Å². The molecule has 0 saturated heterocycles. The molecule has 1 heterocycles. The lowest BCUT2D eigenvalue weighted by Gasteiger charge is -2.41. The van der Waals surface area contributed by atoms with Gasteiger partial charge in [-0.3, -0.25) is 9.69 Å². The lowest BCUT2D eigenvalue weighted by Crippen LogP contribution is -2.44. The zero-order valence-electron chi connectivity index (χ0n) is 20.2. The molecular formula is C28H29F3N2O3. The number of fused-ring (bicyclic) bond motifs is 1. The van der Waals surface area contributed by atoms with Gasteiger partial charge in [0.05, 0.1) is 19.8 Å². The van der Waals surface area contributed by atoms with Gasteiger partial charge in [-0.15, -0.1) is 0 Å². The topological polar surface area (TPSA) is 64.8 Å². The van der Waals surface area contributed by atoms with Crippen molar-refractivity contribution in [3.63, 3.8) is 0 Å². The Hall–Kier alpha value is -3.52. The largest absolute Gasteiger partial charge is 0.493 e. The van der Waals surface area contributed by atoms with Gasteiger partial charge in [0.25, 0.3) is 0 Å². The molecule has 0 spiro atoms. The van der Waals surface area contributed by atoms with Gasteiger partial charge in [0.1, 0.15) is 6.04 Å². The van der Waals surface area contributed by atoms with Crippen LogP contribution in [0.1, 0.15) is 46.3 Å². The van der Waals surface area contributed by atoms with E-state index >= 15 is 0 Å². The molecule has 1 amide bonds. The SMILES string of the molecule is COc1cc2c(cc1OC)[C@H](CCc1cccc(C(F)(F)F)c1)N(C(C(N)=O)c1ccccc1)CC2. The third-order valence-corrected chi connectivity index (χ3v) is 6.72. The van der Waals surface area contributed by atoms with Crippen LogP contribution >= 0.6 is 0 Å². The molecule has 2 N–H and O–H groups in total. The Morgan fingerprint density at radius 3 is 2.36 bits per heavy atom. The summed E-state index contributed by atoms with van der Waals surface area (Å²) in [6.07, 6.45) is -2.88. The normalized spacial score (nSPS) is 16.8. The summed E-state index contributed by atoms with van der Waals surface area (Å²) in [7, 11) is 3.13. The highest BCUT2D eigenvalue weighted by molar-refractivity contribution is 5.81. The lowest BCUT2D eigenvalue weighted by molar-refractivity contribution is -0.137. The van der Waals surface area contributed by atoms with Crippen molar-refractivity contribution in [2.75, 3.05) is 20.8 Å². The number of nitrogens with zero attached hydrogens (tertiary/aromatic N) is 1. The summed E-state index contributed by atoms with van der Waals surface area (Å²) in [5, 5.41) is 0. The van der Waals surface area contributed by atoms with Crippen LogP contribution in [0, 0.1) is 0 Å². The lowest BCUT2D eigenvalue weighted by atomic mass is 9.86. The summed E-state index contributed by atoms with van der Waals surface area (Å²) >= 11 is 0. The molecule has 2 atom stereocenters. The van der Waals surface area contributed by atoms with Gasteiger partial charge in [-0.25, -0.2) is 0 Å². The number of carbonyl (C=O) groups is 1. The number of hydrogen-bond donors (Lipinski definition) is 1. The first kappa shape index (κ1) is 25.6. The molecule has 1 aliphatic rings. The molecule has 1 unspecified atom stereocenters. The third-order valence-electron chi connectivity index (χ3n) is 6.72. The van der Waals surface area contributed by atoms with Crippen LogP contribution in [0.15, 0.2) is 66.7 Å². The van der Waals surface area contributed by atoms with Gasteiger partial charge in [-0.2, -0.15) is 13.2 Å². The van der Waals surface area contributed by atoms with Gasteiger partial charge >= 0.3 is 6.18 Å². The standard InChI is InChI=1S/C28H29F3N2O3/c1-35-24-16-20-13-14-33(26(27(32)34)19-8-4-3-5-9-19)23(22(20)17-25(24)36-2)12-11-18-7-6-10-21(15-18)28(29,30)31/h3-10,15-17,23,26H,11-14H2,1-2H3,(H2,32,34)/t23-,26?/m0/s1. The average molecular weight is 499 g/mol. The quantitative estimate of drug-likeness (QED) is 0.447. The van der Waals surface area contributed by atoms with Crippen LogP contribution in [-0.4, -0.2) is 31.6 Å². The molecule has 8 heteroatoms. The Morgan fingerprint density at radius 1 is 1.03 bits per heavy atom. The number of halogens is 3. The van der Waals surface area contributed by atoms with E-state index < -0.39 is 23.7 Å². The highest BCUT2D eigenvalue weighted by Gasteiger charge is 2.37. The average Bonchev–Trinajstić information content (AvgIpc) is 2.87. The zero-order valence-corrected chi connectivity index (χ0v) is 20.2. The Kier molecular flexibility index (Phi) is 7.54. The molecule has 0 fully saturated rings. The first-order chi connectivity index (χ1) is 17.2. The van der Waals surface area contributed by atoms with Crippen molar-refractivity contribution in [3.05, 3.63) is 94.5 Å². The molecule has 0 bridgehead atoms. The van der Waals surface area contributed by atoms with Crippen molar-refractivity contribution >= 4 is 5.91 Å². The van der Waals surface area contributed by atoms with Crippen molar-refractivity contribution in [2.24, 2.45) is 5.73 Å². The van der Waals surface area contributed by atoms with Gasteiger partial charge in [0.15, 0.2) is 11.5 Å². The number of alkyl halides is 3. The Labute approximate surface area is 208 Å². The zero-order chi connectivity index (χ0) is 25.9. The molecule has 0 aromatic heterocycles. The number of nitrogens with two attached hydrogens (primary N) is 1. The minimum Gasteiger partial charge on any atom is -0.493 e. The molecule has 36 heavy (non-hydrogen) atoms. The van der Waals surface area contributed by atoms with Crippen molar-refractivity contribution in [3.8, 4) is 11.5 Å². The number of amides is 1. The first-order valence-corrected chi connectivity index (χ1v) is 11.7. The summed E-state index contributed by atoms with van der Waals surface area (Å²) in [5.41, 5.74) is 8.59. The minimum atomic E-state index is -4.41. The number of primary amides is 1. The van der Waals surface area contributed by atoms with Gasteiger partial charge < -0.3 is 15.2 Å². The van der Waals surface area contributed by atoms with Crippen LogP contribution in [-0.2, 0) is 23.8 Å². The van der Waals surface area contributed by atoms with Crippen LogP contribution < -0.4 is 15.2 Å². The summed E-state index contributed by atoms with van der Waals surface area (Å²) in [5.74, 6) is 0.683. The molecule has 0 radical (unpaired) electrons. The van der Waals surface area contributed by atoms with Gasteiger partial charge in [-0.1, -0.05) is 48.5 Å². The summed E-state index contributed by atoms with van der Waals surface area (Å²) in [4.78, 5) is 14.8. The number of benzene rings is 3. The van der Waals surface area contributed by atoms with Crippen LogP contribution in [0.4, 0.5) is 13.2 Å². The van der Waals surface area contributed by atoms with E-state index in [0.717, 1.165) is 22.8 Å². The fraction of sp³-hybridized carbons (Fsp3) is 0.321. The van der Waals surface area contributed by atoms with E-state index in [1.165, 1.54) is 12.1 Å². The maximum atomic E-state index is 13.3.